The van der Waals surface area contributed by atoms with Crippen molar-refractivity contribution in [1.82, 2.24) is 15.0 Å². The molecule has 0 radical (unpaired) electrons. The predicted octanol–water partition coefficient (Wildman–Crippen LogP) is 4.39. The van der Waals surface area contributed by atoms with Crippen molar-refractivity contribution in [2.75, 3.05) is 31.9 Å². The van der Waals surface area contributed by atoms with Crippen LogP contribution < -0.4 is 20.1 Å². The molecule has 1 amide bonds. The minimum absolute atomic E-state index is 0.0479. The van der Waals surface area contributed by atoms with Gasteiger partial charge in [-0.1, -0.05) is 32.1 Å². The number of benzene rings is 2. The Bertz CT molecular complexity index is 1150. The van der Waals surface area contributed by atoms with Crippen LogP contribution in [0.1, 0.15) is 49.4 Å². The van der Waals surface area contributed by atoms with Gasteiger partial charge in [0.25, 0.3) is 5.91 Å². The second kappa shape index (κ2) is 11.3. The fraction of sp³-hybridized carbons (Fsp3) is 0.360. The first-order valence-corrected chi connectivity index (χ1v) is 10.8. The van der Waals surface area contributed by atoms with Gasteiger partial charge in [-0.2, -0.15) is 0 Å². The molecule has 9 nitrogen and oxygen atoms in total. The molecule has 1 aromatic heterocycles. The number of carbonyl (C=O) groups is 2. The third kappa shape index (κ3) is 5.92. The molecule has 34 heavy (non-hydrogen) atoms. The van der Waals surface area contributed by atoms with Gasteiger partial charge >= 0.3 is 0 Å². The number of anilines is 2. The van der Waals surface area contributed by atoms with Gasteiger partial charge < -0.3 is 24.9 Å². The number of rotatable bonds is 6. The Morgan fingerprint density at radius 2 is 1.74 bits per heavy atom. The van der Waals surface area contributed by atoms with Crippen LogP contribution in [0.15, 0.2) is 36.4 Å². The lowest BCUT2D eigenvalue weighted by Gasteiger charge is -2.21. The molecule has 0 fully saturated rings. The second-order valence-electron chi connectivity index (χ2n) is 8.42. The molecule has 3 rings (SSSR count). The number of nitrogens with one attached hydrogen (secondary N) is 2. The Kier molecular flexibility index (Phi) is 8.77. The van der Waals surface area contributed by atoms with E-state index in [0.29, 0.717) is 28.6 Å². The van der Waals surface area contributed by atoms with Crippen LogP contribution in [-0.2, 0) is 10.2 Å². The minimum Gasteiger partial charge on any atom is -0.497 e. The molecule has 0 saturated carbocycles. The third-order valence-corrected chi connectivity index (χ3v) is 5.13. The molecule has 9 heteroatoms. The average molecular weight is 468 g/mol. The number of methoxy groups -OCH3 is 2. The van der Waals surface area contributed by atoms with E-state index in [4.69, 9.17) is 14.3 Å². The molecule has 0 aliphatic heterocycles. The van der Waals surface area contributed by atoms with Crippen LogP contribution in [0.5, 0.6) is 11.5 Å². The van der Waals surface area contributed by atoms with Gasteiger partial charge in [-0.3, -0.25) is 4.79 Å². The first-order valence-electron chi connectivity index (χ1n) is 10.8. The van der Waals surface area contributed by atoms with Crippen LogP contribution in [0.2, 0.25) is 0 Å². The standard InChI is InChI=1S/C23H29N5O3.C2H4O/c1-14-21(26-27-28(14)19-13-16(30-6)9-11-20(19)31-7)22(29)25-18-12-15(23(2,3)4)8-10-17(18)24-5;1-2-3/h8-13,24H,1-7H3,(H,25,29);2H,1H3. The molecule has 0 spiro atoms. The smallest absolute Gasteiger partial charge is 0.278 e. The van der Waals surface area contributed by atoms with Crippen molar-refractivity contribution >= 4 is 23.6 Å². The molecule has 1 heterocycles. The van der Waals surface area contributed by atoms with Crippen LogP contribution in [0, 0.1) is 6.92 Å². The highest BCUT2D eigenvalue weighted by atomic mass is 16.5. The molecule has 182 valence electrons. The van der Waals surface area contributed by atoms with Gasteiger partial charge in [0.15, 0.2) is 5.69 Å². The summed E-state index contributed by atoms with van der Waals surface area (Å²) in [5.74, 6) is 0.902. The number of aromatic nitrogens is 3. The maximum atomic E-state index is 13.1. The Balaban J connectivity index is 0.00000129. The summed E-state index contributed by atoms with van der Waals surface area (Å²) in [5.41, 5.74) is 4.02. The lowest BCUT2D eigenvalue weighted by molar-refractivity contribution is -0.106. The molecule has 0 saturated heterocycles. The number of nitrogens with zero attached hydrogens (tertiary/aromatic N) is 3. The molecule has 0 aliphatic rings. The van der Waals surface area contributed by atoms with Gasteiger partial charge in [-0.05, 0) is 49.1 Å². The number of carbonyl (C=O) groups excluding carboxylic acids is 2. The number of hydrogen-bond donors (Lipinski definition) is 2. The molecule has 3 aromatic rings. The lowest BCUT2D eigenvalue weighted by atomic mass is 9.86. The molecule has 2 N–H and O–H groups in total. The zero-order valence-corrected chi connectivity index (χ0v) is 21.0. The van der Waals surface area contributed by atoms with Gasteiger partial charge in [0.1, 0.15) is 23.5 Å². The van der Waals surface area contributed by atoms with Crippen LogP contribution in [-0.4, -0.2) is 48.5 Å². The van der Waals surface area contributed by atoms with Crippen molar-refractivity contribution in [3.8, 4) is 17.2 Å². The van der Waals surface area contributed by atoms with Gasteiger partial charge in [0, 0.05) is 13.1 Å². The van der Waals surface area contributed by atoms with Crippen LogP contribution in [0.3, 0.4) is 0 Å². The van der Waals surface area contributed by atoms with E-state index in [2.05, 4.69) is 47.8 Å². The van der Waals surface area contributed by atoms with Gasteiger partial charge in [-0.25, -0.2) is 4.68 Å². The normalized spacial score (nSPS) is 10.6. The van der Waals surface area contributed by atoms with Gasteiger partial charge in [0.2, 0.25) is 0 Å². The van der Waals surface area contributed by atoms with E-state index < -0.39 is 0 Å². The van der Waals surface area contributed by atoms with Crippen molar-refractivity contribution in [3.05, 3.63) is 53.3 Å². The van der Waals surface area contributed by atoms with Crippen molar-refractivity contribution in [2.45, 2.75) is 40.0 Å². The maximum absolute atomic E-state index is 13.1. The second-order valence-corrected chi connectivity index (χ2v) is 8.42. The van der Waals surface area contributed by atoms with E-state index in [9.17, 15) is 4.79 Å². The largest absolute Gasteiger partial charge is 0.497 e. The summed E-state index contributed by atoms with van der Waals surface area (Å²) in [5, 5.41) is 14.4. The van der Waals surface area contributed by atoms with Crippen LogP contribution in [0.4, 0.5) is 11.4 Å². The SMILES string of the molecule is CC=O.CNc1ccc(C(C)(C)C)cc1NC(=O)c1nnn(-c2cc(OC)ccc2OC)c1C. The monoisotopic (exact) mass is 467 g/mol. The summed E-state index contributed by atoms with van der Waals surface area (Å²) in [7, 11) is 4.98. The highest BCUT2D eigenvalue weighted by Gasteiger charge is 2.22. The predicted molar refractivity (Wildman–Crippen MR) is 134 cm³/mol. The first kappa shape index (κ1) is 26.4. The van der Waals surface area contributed by atoms with Gasteiger partial charge in [-0.15, -0.1) is 5.10 Å². The molecule has 2 aromatic carbocycles. The van der Waals surface area contributed by atoms with E-state index in [1.165, 1.54) is 6.92 Å². The Morgan fingerprint density at radius 3 is 2.29 bits per heavy atom. The molecule has 0 unspecified atom stereocenters. The summed E-state index contributed by atoms with van der Waals surface area (Å²) in [4.78, 5) is 21.9. The Hall–Kier alpha value is -3.88. The highest BCUT2D eigenvalue weighted by Crippen LogP contribution is 2.31. The third-order valence-electron chi connectivity index (χ3n) is 5.13. The number of amides is 1. The number of hydrogen-bond acceptors (Lipinski definition) is 7. The zero-order valence-electron chi connectivity index (χ0n) is 21.0. The topological polar surface area (TPSA) is 107 Å². The number of ether oxygens (including phenoxy) is 2. The summed E-state index contributed by atoms with van der Waals surface area (Å²) in [6.07, 6.45) is 0.750. The quantitative estimate of drug-likeness (QED) is 0.518. The van der Waals surface area contributed by atoms with Crippen molar-refractivity contribution in [2.24, 2.45) is 0 Å². The fourth-order valence-corrected chi connectivity index (χ4v) is 3.24. The first-order chi connectivity index (χ1) is 16.1. The van der Waals surface area contributed by atoms with Crippen LogP contribution in [0.25, 0.3) is 5.69 Å². The summed E-state index contributed by atoms with van der Waals surface area (Å²) < 4.78 is 12.3. The fourth-order valence-electron chi connectivity index (χ4n) is 3.24. The van der Waals surface area contributed by atoms with E-state index >= 15 is 0 Å². The van der Waals surface area contributed by atoms with Crippen molar-refractivity contribution in [3.63, 3.8) is 0 Å². The van der Waals surface area contributed by atoms with E-state index in [-0.39, 0.29) is 17.0 Å². The summed E-state index contributed by atoms with van der Waals surface area (Å²) in [6, 6.07) is 11.4. The number of aldehydes is 1. The van der Waals surface area contributed by atoms with E-state index in [1.54, 1.807) is 44.0 Å². The Morgan fingerprint density at radius 1 is 1.06 bits per heavy atom. The molecule has 0 bridgehead atoms. The minimum atomic E-state index is -0.340. The molecule has 0 aliphatic carbocycles. The molecular weight excluding hydrogens is 434 g/mol. The molecular formula is C25H33N5O4. The van der Waals surface area contributed by atoms with Crippen molar-refractivity contribution < 1.29 is 19.1 Å². The average Bonchev–Trinajstić information content (AvgIpc) is 3.19. The van der Waals surface area contributed by atoms with E-state index in [1.807, 2.05) is 19.2 Å². The lowest BCUT2D eigenvalue weighted by Crippen LogP contribution is -2.17. The summed E-state index contributed by atoms with van der Waals surface area (Å²) in [6.45, 7) is 9.62. The maximum Gasteiger partial charge on any atom is 0.278 e. The van der Waals surface area contributed by atoms with Gasteiger partial charge in [0.05, 0.1) is 31.3 Å². The summed E-state index contributed by atoms with van der Waals surface area (Å²) >= 11 is 0. The Labute approximate surface area is 200 Å². The van der Waals surface area contributed by atoms with E-state index in [0.717, 1.165) is 17.5 Å². The van der Waals surface area contributed by atoms with Crippen LogP contribution >= 0.6 is 0 Å². The molecule has 0 atom stereocenters. The zero-order chi connectivity index (χ0) is 25.5. The van der Waals surface area contributed by atoms with Crippen molar-refractivity contribution in [1.29, 1.82) is 0 Å². The highest BCUT2D eigenvalue weighted by molar-refractivity contribution is 6.05.